The summed E-state index contributed by atoms with van der Waals surface area (Å²) in [6.45, 7) is 2.80. The molecule has 106 valence electrons. The molecule has 0 atom stereocenters. The molecule has 2 rings (SSSR count). The summed E-state index contributed by atoms with van der Waals surface area (Å²) in [5, 5.41) is 10.3. The number of carbonyl (C=O) groups excluding carboxylic acids is 1. The highest BCUT2D eigenvalue weighted by atomic mass is 16.5. The van der Waals surface area contributed by atoms with Crippen LogP contribution in [0.15, 0.2) is 24.5 Å². The summed E-state index contributed by atoms with van der Waals surface area (Å²) in [7, 11) is 0. The molecule has 0 unspecified atom stereocenters. The number of carbonyl (C=O) groups is 1. The van der Waals surface area contributed by atoms with Crippen LogP contribution >= 0.6 is 0 Å². The minimum atomic E-state index is -0.218. The number of hydrogen-bond acceptors (Lipinski definition) is 6. The van der Waals surface area contributed by atoms with Crippen LogP contribution in [0.25, 0.3) is 0 Å². The smallest absolute Gasteiger partial charge is 0.246 e. The van der Waals surface area contributed by atoms with Gasteiger partial charge >= 0.3 is 0 Å². The standard InChI is InChI=1S/C12H16N6O2/c1-2-20-12-4-3-9(6-14-12)15-11(19)8-18-7-10(5-13)16-17-18/h3-4,6-7H,2,5,8,13H2,1H3,(H,15,19). The minimum Gasteiger partial charge on any atom is -0.478 e. The molecular weight excluding hydrogens is 260 g/mol. The fourth-order valence-electron chi connectivity index (χ4n) is 1.54. The van der Waals surface area contributed by atoms with E-state index in [2.05, 4.69) is 20.6 Å². The van der Waals surface area contributed by atoms with Gasteiger partial charge in [-0.2, -0.15) is 0 Å². The average molecular weight is 276 g/mol. The van der Waals surface area contributed by atoms with Crippen molar-refractivity contribution in [1.82, 2.24) is 20.0 Å². The van der Waals surface area contributed by atoms with Crippen LogP contribution in [0.1, 0.15) is 12.6 Å². The first-order chi connectivity index (χ1) is 9.71. The minimum absolute atomic E-state index is 0.0697. The molecule has 0 fully saturated rings. The van der Waals surface area contributed by atoms with Gasteiger partial charge in [0.2, 0.25) is 11.8 Å². The van der Waals surface area contributed by atoms with Gasteiger partial charge in [-0.25, -0.2) is 9.67 Å². The Morgan fingerprint density at radius 1 is 1.50 bits per heavy atom. The first-order valence-corrected chi connectivity index (χ1v) is 6.19. The zero-order valence-electron chi connectivity index (χ0n) is 11.1. The fourth-order valence-corrected chi connectivity index (χ4v) is 1.54. The quantitative estimate of drug-likeness (QED) is 0.778. The Morgan fingerprint density at radius 2 is 2.35 bits per heavy atom. The predicted octanol–water partition coefficient (Wildman–Crippen LogP) is 0.169. The van der Waals surface area contributed by atoms with Gasteiger partial charge in [-0.1, -0.05) is 5.21 Å². The van der Waals surface area contributed by atoms with Crippen LogP contribution in [0.3, 0.4) is 0 Å². The summed E-state index contributed by atoms with van der Waals surface area (Å²) in [6.07, 6.45) is 3.17. The molecule has 2 aromatic heterocycles. The Kier molecular flexibility index (Phi) is 4.61. The summed E-state index contributed by atoms with van der Waals surface area (Å²) in [5.74, 6) is 0.304. The molecule has 0 spiro atoms. The molecule has 0 radical (unpaired) electrons. The number of pyridine rings is 1. The van der Waals surface area contributed by atoms with Crippen molar-refractivity contribution in [2.45, 2.75) is 20.0 Å². The molecule has 0 aliphatic heterocycles. The van der Waals surface area contributed by atoms with Gasteiger partial charge in [0.05, 0.1) is 30.4 Å². The number of amides is 1. The van der Waals surface area contributed by atoms with Crippen molar-refractivity contribution in [3.8, 4) is 5.88 Å². The maximum atomic E-state index is 11.8. The van der Waals surface area contributed by atoms with Crippen LogP contribution in [0.2, 0.25) is 0 Å². The van der Waals surface area contributed by atoms with E-state index in [1.807, 2.05) is 6.92 Å². The molecule has 3 N–H and O–H groups in total. The van der Waals surface area contributed by atoms with Crippen molar-refractivity contribution < 1.29 is 9.53 Å². The summed E-state index contributed by atoms with van der Waals surface area (Å²) in [4.78, 5) is 15.9. The van der Waals surface area contributed by atoms with Crippen LogP contribution in [-0.4, -0.2) is 32.5 Å². The van der Waals surface area contributed by atoms with E-state index in [9.17, 15) is 4.79 Å². The molecule has 2 aromatic rings. The van der Waals surface area contributed by atoms with Gasteiger partial charge in [-0.15, -0.1) is 5.10 Å². The zero-order valence-corrected chi connectivity index (χ0v) is 11.1. The molecular formula is C12H16N6O2. The van der Waals surface area contributed by atoms with Crippen LogP contribution < -0.4 is 15.8 Å². The largest absolute Gasteiger partial charge is 0.478 e. The van der Waals surface area contributed by atoms with Gasteiger partial charge in [-0.05, 0) is 13.0 Å². The van der Waals surface area contributed by atoms with Crippen molar-refractivity contribution in [2.75, 3.05) is 11.9 Å². The Balaban J connectivity index is 1.90. The molecule has 0 saturated heterocycles. The van der Waals surface area contributed by atoms with Crippen LogP contribution in [-0.2, 0) is 17.9 Å². The molecule has 0 aromatic carbocycles. The van der Waals surface area contributed by atoms with Gasteiger partial charge in [0.15, 0.2) is 0 Å². The van der Waals surface area contributed by atoms with E-state index in [4.69, 9.17) is 10.5 Å². The van der Waals surface area contributed by atoms with E-state index in [1.54, 1.807) is 18.3 Å². The number of nitrogens with two attached hydrogens (primary N) is 1. The molecule has 0 bridgehead atoms. The second-order valence-electron chi connectivity index (χ2n) is 3.98. The highest BCUT2D eigenvalue weighted by Gasteiger charge is 2.06. The maximum Gasteiger partial charge on any atom is 0.246 e. The lowest BCUT2D eigenvalue weighted by Crippen LogP contribution is -2.19. The summed E-state index contributed by atoms with van der Waals surface area (Å²) in [5.41, 5.74) is 6.65. The summed E-state index contributed by atoms with van der Waals surface area (Å²) < 4.78 is 6.65. The van der Waals surface area contributed by atoms with E-state index >= 15 is 0 Å². The normalized spacial score (nSPS) is 10.3. The SMILES string of the molecule is CCOc1ccc(NC(=O)Cn2cc(CN)nn2)cn1. The average Bonchev–Trinajstić information content (AvgIpc) is 2.89. The Morgan fingerprint density at radius 3 is 2.95 bits per heavy atom. The van der Waals surface area contributed by atoms with Crippen LogP contribution in [0.5, 0.6) is 5.88 Å². The Labute approximate surface area is 115 Å². The topological polar surface area (TPSA) is 108 Å². The molecule has 0 saturated carbocycles. The fraction of sp³-hybridized carbons (Fsp3) is 0.333. The number of nitrogens with zero attached hydrogens (tertiary/aromatic N) is 4. The third-order valence-corrected chi connectivity index (χ3v) is 2.41. The Bertz CT molecular complexity index is 566. The molecule has 0 aliphatic rings. The summed E-state index contributed by atoms with van der Waals surface area (Å²) in [6, 6.07) is 3.42. The lowest BCUT2D eigenvalue weighted by molar-refractivity contribution is -0.116. The second-order valence-corrected chi connectivity index (χ2v) is 3.98. The van der Waals surface area contributed by atoms with Crippen molar-refractivity contribution in [1.29, 1.82) is 0 Å². The third kappa shape index (κ3) is 3.75. The van der Waals surface area contributed by atoms with Crippen LogP contribution in [0.4, 0.5) is 5.69 Å². The lowest BCUT2D eigenvalue weighted by atomic mass is 10.4. The van der Waals surface area contributed by atoms with Gasteiger partial charge < -0.3 is 15.8 Å². The van der Waals surface area contributed by atoms with Crippen molar-refractivity contribution in [3.63, 3.8) is 0 Å². The van der Waals surface area contributed by atoms with Gasteiger partial charge in [0, 0.05) is 12.6 Å². The van der Waals surface area contributed by atoms with E-state index in [0.29, 0.717) is 30.4 Å². The molecule has 8 heteroatoms. The monoisotopic (exact) mass is 276 g/mol. The number of nitrogens with one attached hydrogen (secondary N) is 1. The number of rotatable bonds is 6. The summed E-state index contributed by atoms with van der Waals surface area (Å²) >= 11 is 0. The number of anilines is 1. The highest BCUT2D eigenvalue weighted by Crippen LogP contribution is 2.11. The van der Waals surface area contributed by atoms with E-state index < -0.39 is 0 Å². The number of aromatic nitrogens is 4. The molecule has 8 nitrogen and oxygen atoms in total. The van der Waals surface area contributed by atoms with Crippen LogP contribution in [0, 0.1) is 0 Å². The molecule has 0 aliphatic carbocycles. The van der Waals surface area contributed by atoms with Crippen molar-refractivity contribution in [3.05, 3.63) is 30.2 Å². The van der Waals surface area contributed by atoms with Gasteiger partial charge in [-0.3, -0.25) is 4.79 Å². The number of ether oxygens (including phenoxy) is 1. The second kappa shape index (κ2) is 6.62. The van der Waals surface area contributed by atoms with E-state index in [-0.39, 0.29) is 12.5 Å². The van der Waals surface area contributed by atoms with Crippen molar-refractivity contribution in [2.24, 2.45) is 5.73 Å². The first kappa shape index (κ1) is 13.9. The van der Waals surface area contributed by atoms with Gasteiger partial charge in [0.1, 0.15) is 6.54 Å². The van der Waals surface area contributed by atoms with Gasteiger partial charge in [0.25, 0.3) is 0 Å². The predicted molar refractivity (Wildman–Crippen MR) is 71.9 cm³/mol. The third-order valence-electron chi connectivity index (χ3n) is 2.41. The number of hydrogen-bond donors (Lipinski definition) is 2. The lowest BCUT2D eigenvalue weighted by Gasteiger charge is -2.06. The first-order valence-electron chi connectivity index (χ1n) is 6.19. The van der Waals surface area contributed by atoms with Crippen molar-refractivity contribution >= 4 is 11.6 Å². The molecule has 20 heavy (non-hydrogen) atoms. The zero-order chi connectivity index (χ0) is 14.4. The molecule has 1 amide bonds. The maximum absolute atomic E-state index is 11.8. The highest BCUT2D eigenvalue weighted by molar-refractivity contribution is 5.90. The van der Waals surface area contributed by atoms with E-state index in [1.165, 1.54) is 10.9 Å². The Hall–Kier alpha value is -2.48. The molecule has 2 heterocycles. The van der Waals surface area contributed by atoms with E-state index in [0.717, 1.165) is 0 Å².